The monoisotopic (exact) mass is 479 g/mol. The Bertz CT molecular complexity index is 2210. The zero-order valence-corrected chi connectivity index (χ0v) is 19.8. The molecule has 168 valence electrons. The van der Waals surface area contributed by atoms with Crippen molar-refractivity contribution >= 4 is 69.3 Å². The number of fused-ring (bicyclic) bond motifs is 7. The van der Waals surface area contributed by atoms with Crippen LogP contribution in [0.4, 0.5) is 0 Å². The highest BCUT2D eigenvalue weighted by atomic mass is 32.1. The van der Waals surface area contributed by atoms with Gasteiger partial charge in [0.05, 0.1) is 5.52 Å². The number of benzene rings is 5. The normalized spacial score (nSPS) is 12.1. The van der Waals surface area contributed by atoms with Gasteiger partial charge in [0.1, 0.15) is 0 Å². The smallest absolute Gasteiger partial charge is 0.266 e. The average Bonchev–Trinajstić information content (AvgIpc) is 3.30. The van der Waals surface area contributed by atoms with E-state index in [4.69, 9.17) is 0 Å². The molecule has 3 aromatic heterocycles. The highest BCUT2D eigenvalue weighted by Gasteiger charge is 2.18. The van der Waals surface area contributed by atoms with Crippen LogP contribution in [-0.4, -0.2) is 4.40 Å². The van der Waals surface area contributed by atoms with Gasteiger partial charge in [-0.25, -0.2) is 4.40 Å². The molecule has 0 N–H and O–H groups in total. The first-order valence-corrected chi connectivity index (χ1v) is 12.7. The van der Waals surface area contributed by atoms with E-state index >= 15 is 0 Å². The third-order valence-electron chi connectivity index (χ3n) is 7.35. The molecule has 0 bridgehead atoms. The molecule has 36 heavy (non-hydrogen) atoms. The second-order valence-electron chi connectivity index (χ2n) is 9.27. The number of pyridine rings is 2. The van der Waals surface area contributed by atoms with Gasteiger partial charge in [-0.2, -0.15) is 0 Å². The summed E-state index contributed by atoms with van der Waals surface area (Å²) in [4.78, 5) is 27.0. The van der Waals surface area contributed by atoms with Crippen molar-refractivity contribution in [2.24, 2.45) is 0 Å². The van der Waals surface area contributed by atoms with Gasteiger partial charge in [-0.15, -0.1) is 11.3 Å². The summed E-state index contributed by atoms with van der Waals surface area (Å²) in [5, 5.41) is 7.17. The Morgan fingerprint density at radius 3 is 1.58 bits per heavy atom. The lowest BCUT2D eigenvalue weighted by atomic mass is 9.94. The number of aromatic nitrogens is 1. The molecule has 5 aromatic carbocycles. The fourth-order valence-electron chi connectivity index (χ4n) is 5.70. The van der Waals surface area contributed by atoms with Gasteiger partial charge in [-0.1, -0.05) is 60.7 Å². The van der Waals surface area contributed by atoms with Crippen LogP contribution < -0.4 is 11.1 Å². The average molecular weight is 480 g/mol. The molecule has 0 saturated heterocycles. The van der Waals surface area contributed by atoms with Gasteiger partial charge >= 0.3 is 0 Å². The molecule has 3 heterocycles. The van der Waals surface area contributed by atoms with Gasteiger partial charge in [0, 0.05) is 41.7 Å². The summed E-state index contributed by atoms with van der Waals surface area (Å²) in [7, 11) is 0. The molecule has 0 unspecified atom stereocenters. The van der Waals surface area contributed by atoms with Crippen LogP contribution in [0, 0.1) is 0 Å². The summed E-state index contributed by atoms with van der Waals surface area (Å²) >= 11 is 1.81. The van der Waals surface area contributed by atoms with Crippen molar-refractivity contribution in [3.8, 4) is 11.1 Å². The number of nitrogens with zero attached hydrogens (tertiary/aromatic N) is 1. The lowest BCUT2D eigenvalue weighted by Gasteiger charge is -2.15. The van der Waals surface area contributed by atoms with Crippen LogP contribution in [0.15, 0.2) is 113 Å². The summed E-state index contributed by atoms with van der Waals surface area (Å²) in [6, 6.07) is 34.6. The van der Waals surface area contributed by atoms with E-state index in [0.717, 1.165) is 32.7 Å². The summed E-state index contributed by atoms with van der Waals surface area (Å²) in [6.07, 6.45) is 0. The SMILES string of the molecule is O=c1c2ccccc2c2cc(-c3ccc4sc5ccccc5c4c3)cc3c4ccccc4c(=O)n1c23. The Kier molecular flexibility index (Phi) is 3.84. The largest absolute Gasteiger partial charge is 0.268 e. The Morgan fingerprint density at radius 1 is 0.444 bits per heavy atom. The van der Waals surface area contributed by atoms with E-state index in [9.17, 15) is 9.59 Å². The van der Waals surface area contributed by atoms with E-state index in [0.29, 0.717) is 16.3 Å². The van der Waals surface area contributed by atoms with Crippen LogP contribution in [-0.2, 0) is 0 Å². The van der Waals surface area contributed by atoms with Gasteiger partial charge in [-0.3, -0.25) is 9.59 Å². The Morgan fingerprint density at radius 2 is 0.944 bits per heavy atom. The fraction of sp³-hybridized carbons (Fsp3) is 0. The van der Waals surface area contributed by atoms with Crippen molar-refractivity contribution in [3.05, 3.63) is 124 Å². The molecule has 8 aromatic rings. The Balaban J connectivity index is 1.58. The third-order valence-corrected chi connectivity index (χ3v) is 8.50. The van der Waals surface area contributed by atoms with E-state index in [1.54, 1.807) is 11.3 Å². The maximum Gasteiger partial charge on any atom is 0.266 e. The molecule has 0 saturated carbocycles. The van der Waals surface area contributed by atoms with Crippen LogP contribution in [0.1, 0.15) is 0 Å². The summed E-state index contributed by atoms with van der Waals surface area (Å²) < 4.78 is 3.91. The number of thiophene rings is 1. The maximum atomic E-state index is 13.5. The predicted octanol–water partition coefficient (Wildman–Crippen LogP) is 7.59. The van der Waals surface area contributed by atoms with E-state index in [1.807, 2.05) is 48.5 Å². The topological polar surface area (TPSA) is 38.5 Å². The van der Waals surface area contributed by atoms with Gasteiger partial charge in [0.15, 0.2) is 0 Å². The lowest BCUT2D eigenvalue weighted by Crippen LogP contribution is -2.27. The van der Waals surface area contributed by atoms with Crippen LogP contribution in [0.2, 0.25) is 0 Å². The molecule has 0 fully saturated rings. The maximum absolute atomic E-state index is 13.5. The minimum Gasteiger partial charge on any atom is -0.268 e. The molecule has 0 radical (unpaired) electrons. The second kappa shape index (κ2) is 7.00. The van der Waals surface area contributed by atoms with Gasteiger partial charge < -0.3 is 0 Å². The molecule has 0 aliphatic rings. The van der Waals surface area contributed by atoms with Crippen LogP contribution in [0.25, 0.3) is 69.1 Å². The summed E-state index contributed by atoms with van der Waals surface area (Å²) in [5.74, 6) is 0. The Labute approximate surface area is 208 Å². The highest BCUT2D eigenvalue weighted by Crippen LogP contribution is 2.39. The summed E-state index contributed by atoms with van der Waals surface area (Å²) in [5.41, 5.74) is 2.33. The number of hydrogen-bond acceptors (Lipinski definition) is 3. The van der Waals surface area contributed by atoms with Gasteiger partial charge in [0.2, 0.25) is 0 Å². The highest BCUT2D eigenvalue weighted by molar-refractivity contribution is 7.25. The predicted molar refractivity (Wildman–Crippen MR) is 152 cm³/mol. The molecule has 0 amide bonds. The van der Waals surface area contributed by atoms with Crippen molar-refractivity contribution in [1.29, 1.82) is 0 Å². The lowest BCUT2D eigenvalue weighted by molar-refractivity contribution is 1.09. The molecule has 8 rings (SSSR count). The standard InChI is InChI=1S/C32H17NO2S/c34-31-23-10-3-1-7-20(23)26-16-19(17-27-21-8-2-4-11-24(21)32(35)33(31)30(26)27)18-13-14-29-25(15-18)22-9-5-6-12-28(22)36-29/h1-17H. The number of rotatable bonds is 1. The minimum atomic E-state index is -0.266. The van der Waals surface area contributed by atoms with Crippen molar-refractivity contribution in [3.63, 3.8) is 0 Å². The van der Waals surface area contributed by atoms with Crippen molar-refractivity contribution in [2.75, 3.05) is 0 Å². The molecular formula is C32H17NO2S. The van der Waals surface area contributed by atoms with E-state index in [1.165, 1.54) is 24.6 Å². The zero-order valence-electron chi connectivity index (χ0n) is 19.0. The quantitative estimate of drug-likeness (QED) is 0.180. The van der Waals surface area contributed by atoms with Crippen molar-refractivity contribution in [1.82, 2.24) is 4.40 Å². The van der Waals surface area contributed by atoms with Crippen molar-refractivity contribution in [2.45, 2.75) is 0 Å². The molecule has 4 heteroatoms. The fourth-order valence-corrected chi connectivity index (χ4v) is 6.79. The third kappa shape index (κ3) is 2.51. The molecule has 0 spiro atoms. The van der Waals surface area contributed by atoms with Crippen molar-refractivity contribution < 1.29 is 0 Å². The molecule has 3 nitrogen and oxygen atoms in total. The number of hydrogen-bond donors (Lipinski definition) is 0. The summed E-state index contributed by atoms with van der Waals surface area (Å²) in [6.45, 7) is 0. The van der Waals surface area contributed by atoms with Crippen LogP contribution in [0.5, 0.6) is 0 Å². The Hall–Kier alpha value is -4.54. The van der Waals surface area contributed by atoms with E-state index < -0.39 is 0 Å². The first-order valence-electron chi connectivity index (χ1n) is 11.9. The van der Waals surface area contributed by atoms with Crippen LogP contribution in [0.3, 0.4) is 0 Å². The van der Waals surface area contributed by atoms with E-state index in [-0.39, 0.29) is 11.1 Å². The minimum absolute atomic E-state index is 0.266. The first-order chi connectivity index (χ1) is 17.7. The van der Waals surface area contributed by atoms with Crippen LogP contribution >= 0.6 is 11.3 Å². The second-order valence-corrected chi connectivity index (χ2v) is 10.3. The molecular weight excluding hydrogens is 462 g/mol. The first kappa shape index (κ1) is 19.7. The van der Waals surface area contributed by atoms with Gasteiger partial charge in [-0.05, 0) is 64.4 Å². The van der Waals surface area contributed by atoms with E-state index in [2.05, 4.69) is 54.6 Å². The zero-order chi connectivity index (χ0) is 24.0. The molecule has 0 atom stereocenters. The molecule has 0 aliphatic heterocycles. The van der Waals surface area contributed by atoms with Gasteiger partial charge in [0.25, 0.3) is 11.1 Å². The molecule has 0 aliphatic carbocycles.